The quantitative estimate of drug-likeness (QED) is 0.495. The average molecular weight is 421 g/mol. The molecule has 0 bridgehead atoms. The van der Waals surface area contributed by atoms with Gasteiger partial charge in [0.1, 0.15) is 5.82 Å². The molecule has 0 heterocycles. The van der Waals surface area contributed by atoms with Gasteiger partial charge in [-0.15, -0.1) is 0 Å². The fourth-order valence-corrected chi connectivity index (χ4v) is 4.36. The second kappa shape index (κ2) is 9.37. The van der Waals surface area contributed by atoms with Crippen molar-refractivity contribution in [3.8, 4) is 0 Å². The maximum atomic E-state index is 13.7. The molecule has 0 saturated heterocycles. The van der Waals surface area contributed by atoms with Crippen molar-refractivity contribution in [1.82, 2.24) is 15.4 Å². The van der Waals surface area contributed by atoms with Crippen molar-refractivity contribution >= 4 is 16.0 Å². The molecular formula is C21H29FN4O2S. The third-order valence-electron chi connectivity index (χ3n) is 4.07. The van der Waals surface area contributed by atoms with E-state index in [2.05, 4.69) is 20.3 Å². The van der Waals surface area contributed by atoms with E-state index in [4.69, 9.17) is 0 Å². The van der Waals surface area contributed by atoms with Crippen LogP contribution >= 0.6 is 0 Å². The standard InChI is InChI=1S/C21H29FN4O2S/c1-15-10-11-16(12-18(15)22)13-24-20(23-5)25-14-17-8-6-7-9-19(17)29(27,28)26-21(2,3)4/h6-12,26H,13-14H2,1-5H3,(H2,23,24,25). The summed E-state index contributed by atoms with van der Waals surface area (Å²) in [6, 6.07) is 11.9. The fraction of sp³-hybridized carbons (Fsp3) is 0.381. The fourth-order valence-electron chi connectivity index (χ4n) is 2.70. The number of nitrogens with one attached hydrogen (secondary N) is 3. The van der Waals surface area contributed by atoms with Gasteiger partial charge in [0, 0.05) is 25.7 Å². The van der Waals surface area contributed by atoms with Gasteiger partial charge < -0.3 is 10.6 Å². The SMILES string of the molecule is CN=C(NCc1ccc(C)c(F)c1)NCc1ccccc1S(=O)(=O)NC(C)(C)C. The first-order chi connectivity index (χ1) is 13.5. The molecule has 0 fully saturated rings. The van der Waals surface area contributed by atoms with Crippen LogP contribution in [0.25, 0.3) is 0 Å². The molecular weight excluding hydrogens is 391 g/mol. The zero-order chi connectivity index (χ0) is 21.7. The minimum atomic E-state index is -3.66. The Morgan fingerprint density at radius 3 is 2.34 bits per heavy atom. The molecule has 0 spiro atoms. The summed E-state index contributed by atoms with van der Waals surface area (Å²) in [5, 5.41) is 6.22. The lowest BCUT2D eigenvalue weighted by molar-refractivity contribution is 0.491. The van der Waals surface area contributed by atoms with Crippen LogP contribution in [0.15, 0.2) is 52.4 Å². The second-order valence-corrected chi connectivity index (χ2v) is 9.48. The zero-order valence-corrected chi connectivity index (χ0v) is 18.3. The molecule has 8 heteroatoms. The molecule has 6 nitrogen and oxygen atoms in total. The molecule has 0 amide bonds. The molecule has 29 heavy (non-hydrogen) atoms. The monoisotopic (exact) mass is 420 g/mol. The van der Waals surface area contributed by atoms with E-state index in [0.717, 1.165) is 5.56 Å². The van der Waals surface area contributed by atoms with Crippen molar-refractivity contribution < 1.29 is 12.8 Å². The normalized spacial score (nSPS) is 12.7. The van der Waals surface area contributed by atoms with Crippen LogP contribution in [-0.4, -0.2) is 27.0 Å². The number of benzene rings is 2. The van der Waals surface area contributed by atoms with E-state index in [1.807, 2.05) is 6.07 Å². The molecule has 2 rings (SSSR count). The van der Waals surface area contributed by atoms with Crippen molar-refractivity contribution in [3.63, 3.8) is 0 Å². The van der Waals surface area contributed by atoms with Crippen molar-refractivity contribution in [2.45, 2.75) is 51.2 Å². The zero-order valence-electron chi connectivity index (χ0n) is 17.5. The first kappa shape index (κ1) is 22.8. The predicted octanol–water partition coefficient (Wildman–Crippen LogP) is 3.08. The molecule has 0 aliphatic rings. The smallest absolute Gasteiger partial charge is 0.241 e. The summed E-state index contributed by atoms with van der Waals surface area (Å²) in [6.07, 6.45) is 0. The minimum absolute atomic E-state index is 0.221. The third-order valence-corrected chi connectivity index (χ3v) is 5.93. The highest BCUT2D eigenvalue weighted by Gasteiger charge is 2.24. The Bertz CT molecular complexity index is 982. The highest BCUT2D eigenvalue weighted by atomic mass is 32.2. The summed E-state index contributed by atoms with van der Waals surface area (Å²) in [5.41, 5.74) is 1.42. The Morgan fingerprint density at radius 2 is 1.72 bits per heavy atom. The topological polar surface area (TPSA) is 82.6 Å². The molecule has 158 valence electrons. The number of hydrogen-bond acceptors (Lipinski definition) is 3. The summed E-state index contributed by atoms with van der Waals surface area (Å²) < 4.78 is 41.8. The van der Waals surface area contributed by atoms with Crippen LogP contribution in [0.4, 0.5) is 4.39 Å². The summed E-state index contributed by atoms with van der Waals surface area (Å²) in [6.45, 7) is 7.76. The molecule has 0 radical (unpaired) electrons. The molecule has 0 unspecified atom stereocenters. The van der Waals surface area contributed by atoms with Gasteiger partial charge in [0.2, 0.25) is 10.0 Å². The Balaban J connectivity index is 2.07. The Morgan fingerprint density at radius 1 is 1.07 bits per heavy atom. The van der Waals surface area contributed by atoms with Gasteiger partial charge in [-0.05, 0) is 56.5 Å². The van der Waals surface area contributed by atoms with Gasteiger partial charge in [-0.3, -0.25) is 4.99 Å². The Labute approximate surface area is 172 Å². The number of hydrogen-bond donors (Lipinski definition) is 3. The molecule has 0 aromatic heterocycles. The van der Waals surface area contributed by atoms with Crippen molar-refractivity contribution in [1.29, 1.82) is 0 Å². The first-order valence-corrected chi connectivity index (χ1v) is 10.8. The Hall–Kier alpha value is -2.45. The number of aliphatic imine (C=N–C) groups is 1. The van der Waals surface area contributed by atoms with Crippen LogP contribution in [0.5, 0.6) is 0 Å². The van der Waals surface area contributed by atoms with Crippen LogP contribution in [-0.2, 0) is 23.1 Å². The summed E-state index contributed by atoms with van der Waals surface area (Å²) in [7, 11) is -2.04. The van der Waals surface area contributed by atoms with Crippen LogP contribution in [0, 0.1) is 12.7 Å². The van der Waals surface area contributed by atoms with Gasteiger partial charge in [0.15, 0.2) is 5.96 Å². The molecule has 0 saturated carbocycles. The maximum Gasteiger partial charge on any atom is 0.241 e. The number of sulfonamides is 1. The van der Waals surface area contributed by atoms with Crippen molar-refractivity contribution in [2.75, 3.05) is 7.05 Å². The first-order valence-electron chi connectivity index (χ1n) is 9.33. The minimum Gasteiger partial charge on any atom is -0.352 e. The molecule has 0 atom stereocenters. The van der Waals surface area contributed by atoms with Crippen molar-refractivity contribution in [3.05, 3.63) is 65.0 Å². The van der Waals surface area contributed by atoms with Gasteiger partial charge in [-0.2, -0.15) is 0 Å². The molecule has 2 aromatic carbocycles. The van der Waals surface area contributed by atoms with Gasteiger partial charge in [0.05, 0.1) is 4.90 Å². The lowest BCUT2D eigenvalue weighted by Gasteiger charge is -2.22. The van der Waals surface area contributed by atoms with E-state index < -0.39 is 15.6 Å². The highest BCUT2D eigenvalue weighted by molar-refractivity contribution is 7.89. The van der Waals surface area contributed by atoms with E-state index in [-0.39, 0.29) is 17.3 Å². The van der Waals surface area contributed by atoms with E-state index >= 15 is 0 Å². The number of guanidine groups is 1. The number of rotatable bonds is 6. The summed E-state index contributed by atoms with van der Waals surface area (Å²) in [4.78, 5) is 4.37. The largest absolute Gasteiger partial charge is 0.352 e. The van der Waals surface area contributed by atoms with Gasteiger partial charge in [0.25, 0.3) is 0 Å². The van der Waals surface area contributed by atoms with Crippen LogP contribution in [0.1, 0.15) is 37.5 Å². The van der Waals surface area contributed by atoms with E-state index in [0.29, 0.717) is 23.6 Å². The van der Waals surface area contributed by atoms with E-state index in [9.17, 15) is 12.8 Å². The predicted molar refractivity (Wildman–Crippen MR) is 115 cm³/mol. The van der Waals surface area contributed by atoms with Crippen LogP contribution in [0.2, 0.25) is 0 Å². The highest BCUT2D eigenvalue weighted by Crippen LogP contribution is 2.17. The lowest BCUT2D eigenvalue weighted by atomic mass is 10.1. The Kier molecular flexibility index (Phi) is 7.37. The van der Waals surface area contributed by atoms with E-state index in [1.54, 1.807) is 65.1 Å². The number of aryl methyl sites for hydroxylation is 1. The van der Waals surface area contributed by atoms with Gasteiger partial charge in [-0.1, -0.05) is 30.3 Å². The van der Waals surface area contributed by atoms with Gasteiger partial charge >= 0.3 is 0 Å². The maximum absolute atomic E-state index is 13.7. The van der Waals surface area contributed by atoms with Crippen LogP contribution in [0.3, 0.4) is 0 Å². The molecule has 0 aliphatic carbocycles. The number of halogens is 1. The second-order valence-electron chi connectivity index (χ2n) is 7.83. The van der Waals surface area contributed by atoms with Crippen molar-refractivity contribution in [2.24, 2.45) is 4.99 Å². The van der Waals surface area contributed by atoms with E-state index in [1.165, 1.54) is 6.07 Å². The molecule has 2 aromatic rings. The summed E-state index contributed by atoms with van der Waals surface area (Å²) >= 11 is 0. The molecule has 0 aliphatic heterocycles. The average Bonchev–Trinajstić information content (AvgIpc) is 2.63. The van der Waals surface area contributed by atoms with Crippen LogP contribution < -0.4 is 15.4 Å². The lowest BCUT2D eigenvalue weighted by Crippen LogP contribution is -2.41. The van der Waals surface area contributed by atoms with Gasteiger partial charge in [-0.25, -0.2) is 17.5 Å². The summed E-state index contributed by atoms with van der Waals surface area (Å²) in [5.74, 6) is 0.236. The number of nitrogens with zero attached hydrogens (tertiary/aromatic N) is 1. The molecule has 3 N–H and O–H groups in total. The third kappa shape index (κ3) is 6.83.